The molecule has 2 rings (SSSR count). The molecule has 0 saturated carbocycles. The Morgan fingerprint density at radius 1 is 0.571 bits per heavy atom. The lowest BCUT2D eigenvalue weighted by molar-refractivity contribution is -0.919. The van der Waals surface area contributed by atoms with Gasteiger partial charge in [-0.3, -0.25) is 23.7 Å². The number of hydrogen-bond donors (Lipinski definition) is 0. The first-order valence-electron chi connectivity index (χ1n) is 28.7. The van der Waals surface area contributed by atoms with E-state index in [4.69, 9.17) is 23.7 Å². The van der Waals surface area contributed by atoms with Crippen LogP contribution in [0.3, 0.4) is 0 Å². The molecule has 12 nitrogen and oxygen atoms in total. The van der Waals surface area contributed by atoms with Crippen molar-refractivity contribution >= 4 is 41.2 Å². The highest BCUT2D eigenvalue weighted by Crippen LogP contribution is 2.30. The van der Waals surface area contributed by atoms with E-state index in [-0.39, 0.29) is 56.6 Å². The van der Waals surface area contributed by atoms with Crippen molar-refractivity contribution in [2.75, 3.05) is 46.7 Å². The van der Waals surface area contributed by atoms with Gasteiger partial charge in [-0.25, -0.2) is 0 Å². The summed E-state index contributed by atoms with van der Waals surface area (Å²) in [6, 6.07) is 0. The summed E-state index contributed by atoms with van der Waals surface area (Å²) in [5, 5.41) is 0. The van der Waals surface area contributed by atoms with Crippen LogP contribution >= 0.6 is 11.7 Å². The van der Waals surface area contributed by atoms with E-state index in [9.17, 15) is 19.2 Å². The van der Waals surface area contributed by atoms with Gasteiger partial charge in [0.25, 0.3) is 5.88 Å². The maximum atomic E-state index is 13.2. The van der Waals surface area contributed by atoms with Crippen molar-refractivity contribution in [1.29, 1.82) is 0 Å². The lowest BCUT2D eigenvalue weighted by atomic mass is 10.0. The molecule has 1 aliphatic heterocycles. The molecule has 0 saturated heterocycles. The van der Waals surface area contributed by atoms with Crippen LogP contribution in [0.25, 0.3) is 5.57 Å². The monoisotopic (exact) mass is 1000 g/mol. The van der Waals surface area contributed by atoms with Gasteiger partial charge in [-0.15, -0.1) is 4.37 Å². The largest absolute Gasteiger partial charge is 0.475 e. The number of quaternary nitrogens is 1. The molecule has 2 heterocycles. The van der Waals surface area contributed by atoms with Crippen molar-refractivity contribution in [2.24, 2.45) is 5.92 Å². The number of rotatable bonds is 47. The number of unbranched alkanes of at least 4 members (excludes halogenated alkanes) is 27. The van der Waals surface area contributed by atoms with Crippen LogP contribution < -0.4 is 4.74 Å². The molecule has 2 unspecified atom stereocenters. The second-order valence-corrected chi connectivity index (χ2v) is 21.3. The molecule has 0 spiro atoms. The molecule has 0 fully saturated rings. The van der Waals surface area contributed by atoms with Crippen molar-refractivity contribution in [2.45, 2.75) is 265 Å². The van der Waals surface area contributed by atoms with Crippen LogP contribution in [0.15, 0.2) is 6.08 Å². The molecule has 2 atom stereocenters. The Morgan fingerprint density at radius 3 is 1.50 bits per heavy atom. The van der Waals surface area contributed by atoms with Gasteiger partial charge in [0.15, 0.2) is 6.10 Å². The molecule has 1 aliphatic rings. The molecule has 0 radical (unpaired) electrons. The smallest absolute Gasteiger partial charge is 0.310 e. The van der Waals surface area contributed by atoms with E-state index in [1.54, 1.807) is 0 Å². The predicted octanol–water partition coefficient (Wildman–Crippen LogP) is 15.0. The van der Waals surface area contributed by atoms with Crippen molar-refractivity contribution in [3.63, 3.8) is 0 Å². The summed E-state index contributed by atoms with van der Waals surface area (Å²) < 4.78 is 38.2. The molecule has 0 bridgehead atoms. The second-order valence-electron chi connectivity index (χ2n) is 20.8. The Kier molecular flexibility index (Phi) is 38.2. The fraction of sp³-hybridized carbons (Fsp3) is 0.860. The number of likely N-dealkylation sites (N-methyl/N-ethyl adjacent to an activating group) is 1. The maximum Gasteiger partial charge on any atom is 0.310 e. The summed E-state index contributed by atoms with van der Waals surface area (Å²) in [7, 11) is 2.08. The number of ether oxygens (including phenoxy) is 5. The molecule has 404 valence electrons. The fourth-order valence-electron chi connectivity index (χ4n) is 9.05. The number of esters is 4. The van der Waals surface area contributed by atoms with Gasteiger partial charge in [-0.2, -0.15) is 4.37 Å². The van der Waals surface area contributed by atoms with Crippen molar-refractivity contribution in [3.8, 4) is 5.88 Å². The molecule has 0 amide bonds. The zero-order valence-corrected chi connectivity index (χ0v) is 46.2. The van der Waals surface area contributed by atoms with E-state index in [1.165, 1.54) is 141 Å². The summed E-state index contributed by atoms with van der Waals surface area (Å²) in [5.41, 5.74) is 1.84. The minimum Gasteiger partial charge on any atom is -0.475 e. The van der Waals surface area contributed by atoms with Gasteiger partial charge < -0.3 is 23.7 Å². The summed E-state index contributed by atoms with van der Waals surface area (Å²) in [4.78, 5) is 51.6. The summed E-state index contributed by atoms with van der Waals surface area (Å²) >= 11 is 1.15. The fourth-order valence-corrected chi connectivity index (χ4v) is 9.58. The average Bonchev–Trinajstić information content (AvgIpc) is 3.82. The van der Waals surface area contributed by atoms with Gasteiger partial charge in [0.05, 0.1) is 31.9 Å². The highest BCUT2D eigenvalue weighted by atomic mass is 32.1. The summed E-state index contributed by atoms with van der Waals surface area (Å²) in [6.07, 6.45) is 39.7. The molecular weight excluding hydrogens is 903 g/mol. The van der Waals surface area contributed by atoms with E-state index in [0.29, 0.717) is 42.8 Å². The Balaban J connectivity index is 1.75. The van der Waals surface area contributed by atoms with E-state index in [0.717, 1.165) is 87.3 Å². The van der Waals surface area contributed by atoms with Crippen LogP contribution in [0.1, 0.15) is 265 Å². The quantitative estimate of drug-likeness (QED) is 0.0267. The Bertz CT molecular complexity index is 1480. The summed E-state index contributed by atoms with van der Waals surface area (Å²) in [5.74, 6) is -1.06. The first kappa shape index (κ1) is 63.1. The van der Waals surface area contributed by atoms with Gasteiger partial charge in [0, 0.05) is 37.7 Å². The van der Waals surface area contributed by atoms with E-state index < -0.39 is 12.1 Å². The molecule has 1 aromatic heterocycles. The molecule has 70 heavy (non-hydrogen) atoms. The predicted molar refractivity (Wildman–Crippen MR) is 284 cm³/mol. The van der Waals surface area contributed by atoms with Crippen molar-refractivity contribution in [3.05, 3.63) is 11.8 Å². The van der Waals surface area contributed by atoms with E-state index >= 15 is 0 Å². The molecule has 0 aliphatic carbocycles. The first-order valence-corrected chi connectivity index (χ1v) is 29.5. The zero-order chi connectivity index (χ0) is 50.8. The van der Waals surface area contributed by atoms with Gasteiger partial charge in [0.2, 0.25) is 6.73 Å². The van der Waals surface area contributed by atoms with Crippen molar-refractivity contribution in [1.82, 2.24) is 8.75 Å². The second kappa shape index (κ2) is 42.4. The van der Waals surface area contributed by atoms with Crippen LogP contribution in [0, 0.1) is 5.92 Å². The standard InChI is InChI=1S/C57H102N3O9S/c1-6-9-12-15-17-19-21-23-25-27-29-31-33-38-52(61)66-46-51(47-67-53(62)39-34-32-30-28-26-24-22-20-18-16-13-10-7-2)69-55(64)44-49(4)40-41-54(63)68-48-60(5)42-36-37-50(45-60)56-57(59-70-58-56)65-43-35-14-11-8-3/h37,49,51H,6-36,38-48H2,1-5H3/q+1. The zero-order valence-electron chi connectivity index (χ0n) is 45.4. The number of nitrogens with zero attached hydrogens (tertiary/aromatic N) is 3. The normalized spacial score (nSPS) is 15.1. The molecule has 0 N–H and O–H groups in total. The average molecular weight is 1010 g/mol. The van der Waals surface area contributed by atoms with Crippen LogP contribution in [-0.2, 0) is 38.1 Å². The highest BCUT2D eigenvalue weighted by molar-refractivity contribution is 6.99. The van der Waals surface area contributed by atoms with Gasteiger partial charge in [0.1, 0.15) is 25.5 Å². The topological polar surface area (TPSA) is 140 Å². The third-order valence-corrected chi connectivity index (χ3v) is 14.1. The third kappa shape index (κ3) is 33.6. The Hall–Kier alpha value is -3.06. The van der Waals surface area contributed by atoms with E-state index in [2.05, 4.69) is 42.6 Å². The Labute approximate surface area is 430 Å². The van der Waals surface area contributed by atoms with E-state index in [1.807, 2.05) is 6.92 Å². The maximum absolute atomic E-state index is 13.2. The molecule has 0 aromatic carbocycles. The highest BCUT2D eigenvalue weighted by Gasteiger charge is 2.31. The number of hydrogen-bond acceptors (Lipinski definition) is 12. The molecular formula is C57H102N3O9S+. The minimum atomic E-state index is -0.905. The van der Waals surface area contributed by atoms with Gasteiger partial charge in [-0.1, -0.05) is 207 Å². The van der Waals surface area contributed by atoms with Crippen LogP contribution in [-0.4, -0.2) is 89.9 Å². The number of carbonyl (C=O) groups excluding carboxylic acids is 4. The lowest BCUT2D eigenvalue weighted by Crippen LogP contribution is -2.49. The number of carbonyl (C=O) groups is 4. The molecule has 13 heteroatoms. The lowest BCUT2D eigenvalue weighted by Gasteiger charge is -2.36. The SMILES string of the molecule is CCCCCCCCCCCCCCCC(=O)OCC(COC(=O)CCCCCCCCCCCCCCC)OC(=O)CC(C)CCC(=O)OC[N+]1(C)CCC=C(c2nsnc2OCCCCCC)C1. The third-order valence-electron chi connectivity index (χ3n) is 13.6. The van der Waals surface area contributed by atoms with Crippen LogP contribution in [0.2, 0.25) is 0 Å². The van der Waals surface area contributed by atoms with Crippen LogP contribution in [0.4, 0.5) is 0 Å². The first-order chi connectivity index (χ1) is 34.1. The van der Waals surface area contributed by atoms with Gasteiger partial charge in [-0.05, 0) is 31.6 Å². The van der Waals surface area contributed by atoms with Gasteiger partial charge >= 0.3 is 23.9 Å². The summed E-state index contributed by atoms with van der Waals surface area (Å²) in [6.45, 7) is 10.6. The molecule has 1 aromatic rings. The van der Waals surface area contributed by atoms with Crippen LogP contribution in [0.5, 0.6) is 5.88 Å². The Morgan fingerprint density at radius 2 is 1.01 bits per heavy atom. The van der Waals surface area contributed by atoms with Crippen molar-refractivity contribution < 1.29 is 47.3 Å². The number of aromatic nitrogens is 2. The minimum absolute atomic E-state index is 0.0657.